The maximum atomic E-state index is 12.0. The van der Waals surface area contributed by atoms with Gasteiger partial charge in [-0.3, -0.25) is 0 Å². The quantitative estimate of drug-likeness (QED) is 0.713. The second-order valence-electron chi connectivity index (χ2n) is 4.56. The predicted octanol–water partition coefficient (Wildman–Crippen LogP) is 1.61. The Kier molecular flexibility index (Phi) is 5.18. The topological polar surface area (TPSA) is 103 Å². The Hall–Kier alpha value is -1.61. The Bertz CT molecular complexity index is 664. The Morgan fingerprint density at radius 2 is 2.24 bits per heavy atom. The molecular weight excluding hydrogens is 310 g/mol. The van der Waals surface area contributed by atoms with Crippen molar-refractivity contribution in [2.24, 2.45) is 0 Å². The van der Waals surface area contributed by atoms with Crippen molar-refractivity contribution < 1.29 is 8.42 Å². The Morgan fingerprint density at radius 1 is 1.43 bits per heavy atom. The van der Waals surface area contributed by atoms with Gasteiger partial charge in [-0.15, -0.1) is 0 Å². The first-order chi connectivity index (χ1) is 10.0. The molecule has 116 valence electrons. The second kappa shape index (κ2) is 6.90. The molecule has 0 unspecified atom stereocenters. The zero-order valence-electron chi connectivity index (χ0n) is 11.8. The number of nitrogens with two attached hydrogens (primary N) is 1. The van der Waals surface area contributed by atoms with Gasteiger partial charge in [-0.1, -0.05) is 6.92 Å². The van der Waals surface area contributed by atoms with Crippen LogP contribution in [0.4, 0.5) is 10.8 Å². The molecule has 0 amide bonds. The first kappa shape index (κ1) is 15.8. The average Bonchev–Trinajstić information content (AvgIpc) is 3.08. The lowest BCUT2D eigenvalue weighted by molar-refractivity contribution is 0.598. The number of anilines is 2. The van der Waals surface area contributed by atoms with Crippen molar-refractivity contribution in [2.45, 2.75) is 31.2 Å². The number of sulfone groups is 1. The van der Waals surface area contributed by atoms with Crippen LogP contribution in [0.3, 0.4) is 0 Å². The molecule has 2 aromatic heterocycles. The number of aromatic nitrogens is 3. The Balaban J connectivity index is 1.86. The normalized spacial score (nSPS) is 11.7. The van der Waals surface area contributed by atoms with Crippen molar-refractivity contribution in [3.8, 4) is 0 Å². The van der Waals surface area contributed by atoms with E-state index in [2.05, 4.69) is 14.7 Å². The molecule has 0 radical (unpaired) electrons. The molecule has 0 saturated heterocycles. The third kappa shape index (κ3) is 3.94. The number of hydrogen-bond acceptors (Lipinski definition) is 7. The number of nitrogens with zero attached hydrogens (tertiary/aromatic N) is 3. The monoisotopic (exact) mass is 329 g/mol. The number of nitrogens with one attached hydrogen (secondary N) is 1. The first-order valence-electron chi connectivity index (χ1n) is 6.72. The minimum Gasteiger partial charge on any atom is -0.382 e. The summed E-state index contributed by atoms with van der Waals surface area (Å²) in [5.74, 6) is 0.105. The summed E-state index contributed by atoms with van der Waals surface area (Å²) in [6.07, 6.45) is 7.35. The summed E-state index contributed by atoms with van der Waals surface area (Å²) in [6.45, 7) is 3.18. The van der Waals surface area contributed by atoms with Gasteiger partial charge in [0, 0.05) is 25.5 Å². The largest absolute Gasteiger partial charge is 0.382 e. The van der Waals surface area contributed by atoms with Crippen LogP contribution in [-0.2, 0) is 16.4 Å². The SMILES string of the molecule is CCS(=O)(=O)c1c(N)nsc1NCCCCn1ccnc1. The van der Waals surface area contributed by atoms with Crippen molar-refractivity contribution >= 4 is 32.2 Å². The molecule has 0 bridgehead atoms. The van der Waals surface area contributed by atoms with Gasteiger partial charge in [-0.25, -0.2) is 13.4 Å². The summed E-state index contributed by atoms with van der Waals surface area (Å²) < 4.78 is 29.9. The molecule has 0 fully saturated rings. The maximum absolute atomic E-state index is 12.0. The fraction of sp³-hybridized carbons (Fsp3) is 0.500. The standard InChI is InChI=1S/C12H19N5O2S2/c1-2-21(18,19)10-11(13)16-20-12(10)15-5-3-4-7-17-8-6-14-9-17/h6,8-9,15H,2-5,7H2,1H3,(H2,13,16). The van der Waals surface area contributed by atoms with Gasteiger partial charge >= 0.3 is 0 Å². The van der Waals surface area contributed by atoms with Crippen LogP contribution in [0.15, 0.2) is 23.6 Å². The molecule has 0 spiro atoms. The Morgan fingerprint density at radius 3 is 2.90 bits per heavy atom. The van der Waals surface area contributed by atoms with Gasteiger partial charge in [0.05, 0.1) is 12.1 Å². The molecular formula is C12H19N5O2S2. The van der Waals surface area contributed by atoms with Crippen molar-refractivity contribution in [1.29, 1.82) is 0 Å². The van der Waals surface area contributed by atoms with E-state index in [9.17, 15) is 8.42 Å². The summed E-state index contributed by atoms with van der Waals surface area (Å²) in [5.41, 5.74) is 5.67. The molecule has 0 saturated carbocycles. The van der Waals surface area contributed by atoms with Crippen molar-refractivity contribution in [3.05, 3.63) is 18.7 Å². The average molecular weight is 329 g/mol. The first-order valence-corrected chi connectivity index (χ1v) is 9.14. The van der Waals surface area contributed by atoms with Crippen molar-refractivity contribution in [2.75, 3.05) is 23.3 Å². The molecule has 2 rings (SSSR count). The molecule has 0 aliphatic rings. The summed E-state index contributed by atoms with van der Waals surface area (Å²) >= 11 is 1.09. The van der Waals surface area contributed by atoms with E-state index < -0.39 is 9.84 Å². The molecule has 0 atom stereocenters. The molecule has 0 aromatic carbocycles. The summed E-state index contributed by atoms with van der Waals surface area (Å²) in [4.78, 5) is 4.12. The smallest absolute Gasteiger partial charge is 0.184 e. The van der Waals surface area contributed by atoms with Crippen LogP contribution < -0.4 is 11.1 Å². The van der Waals surface area contributed by atoms with Crippen LogP contribution in [0.2, 0.25) is 0 Å². The third-order valence-corrected chi connectivity index (χ3v) is 5.80. The fourth-order valence-corrected chi connectivity index (χ4v) is 4.08. The molecule has 2 aromatic rings. The number of aryl methyl sites for hydroxylation is 1. The molecule has 3 N–H and O–H groups in total. The van der Waals surface area contributed by atoms with E-state index >= 15 is 0 Å². The molecule has 0 aliphatic heterocycles. The number of imidazole rings is 1. The molecule has 21 heavy (non-hydrogen) atoms. The number of nitrogen functional groups attached to an aromatic ring is 1. The fourth-order valence-electron chi connectivity index (χ4n) is 1.89. The molecule has 9 heteroatoms. The van der Waals surface area contributed by atoms with E-state index in [1.54, 1.807) is 19.4 Å². The summed E-state index contributed by atoms with van der Waals surface area (Å²) in [6, 6.07) is 0. The number of rotatable bonds is 8. The van der Waals surface area contributed by atoms with Crippen LogP contribution in [0.5, 0.6) is 0 Å². The summed E-state index contributed by atoms with van der Waals surface area (Å²) in [5, 5.41) is 3.67. The van der Waals surface area contributed by atoms with E-state index in [1.807, 2.05) is 10.8 Å². The summed E-state index contributed by atoms with van der Waals surface area (Å²) in [7, 11) is -3.35. The van der Waals surface area contributed by atoms with Crippen LogP contribution >= 0.6 is 11.5 Å². The van der Waals surface area contributed by atoms with Crippen molar-refractivity contribution in [1.82, 2.24) is 13.9 Å². The van der Waals surface area contributed by atoms with Gasteiger partial charge in [-0.2, -0.15) is 4.37 Å². The minimum atomic E-state index is -3.35. The highest BCUT2D eigenvalue weighted by molar-refractivity contribution is 7.91. The zero-order chi connectivity index (χ0) is 15.3. The van der Waals surface area contributed by atoms with E-state index in [1.165, 1.54) is 0 Å². The molecule has 7 nitrogen and oxygen atoms in total. The van der Waals surface area contributed by atoms with Crippen LogP contribution in [0, 0.1) is 0 Å². The van der Waals surface area contributed by atoms with Crippen LogP contribution in [-0.4, -0.2) is 34.6 Å². The van der Waals surface area contributed by atoms with Crippen LogP contribution in [0.25, 0.3) is 0 Å². The number of hydrogen-bond donors (Lipinski definition) is 2. The van der Waals surface area contributed by atoms with Gasteiger partial charge in [0.2, 0.25) is 0 Å². The molecule has 0 aliphatic carbocycles. The van der Waals surface area contributed by atoms with Gasteiger partial charge in [0.25, 0.3) is 0 Å². The third-order valence-electron chi connectivity index (χ3n) is 3.05. The lowest BCUT2D eigenvalue weighted by atomic mass is 10.3. The zero-order valence-corrected chi connectivity index (χ0v) is 13.5. The predicted molar refractivity (Wildman–Crippen MR) is 84.2 cm³/mol. The second-order valence-corrected chi connectivity index (χ2v) is 7.55. The Labute approximate surface area is 128 Å². The van der Waals surface area contributed by atoms with E-state index in [4.69, 9.17) is 5.73 Å². The highest BCUT2D eigenvalue weighted by atomic mass is 32.2. The van der Waals surface area contributed by atoms with Gasteiger partial charge in [0.1, 0.15) is 9.90 Å². The van der Waals surface area contributed by atoms with Crippen LogP contribution in [0.1, 0.15) is 19.8 Å². The maximum Gasteiger partial charge on any atom is 0.184 e. The lowest BCUT2D eigenvalue weighted by Gasteiger charge is -2.07. The van der Waals surface area contributed by atoms with Gasteiger partial charge in [-0.05, 0) is 24.4 Å². The van der Waals surface area contributed by atoms with Gasteiger partial charge in [0.15, 0.2) is 15.7 Å². The van der Waals surface area contributed by atoms with E-state index in [0.717, 1.165) is 30.9 Å². The van der Waals surface area contributed by atoms with E-state index in [-0.39, 0.29) is 16.5 Å². The van der Waals surface area contributed by atoms with Crippen molar-refractivity contribution in [3.63, 3.8) is 0 Å². The highest BCUT2D eigenvalue weighted by Gasteiger charge is 2.23. The highest BCUT2D eigenvalue weighted by Crippen LogP contribution is 2.32. The minimum absolute atomic E-state index is 0.0188. The number of unbranched alkanes of at least 4 members (excludes halogenated alkanes) is 1. The lowest BCUT2D eigenvalue weighted by Crippen LogP contribution is -2.10. The van der Waals surface area contributed by atoms with E-state index in [0.29, 0.717) is 11.5 Å². The molecule has 2 heterocycles. The van der Waals surface area contributed by atoms with Gasteiger partial charge < -0.3 is 15.6 Å².